The lowest BCUT2D eigenvalue weighted by atomic mass is 9.93. The van der Waals surface area contributed by atoms with Crippen LogP contribution in [0, 0.1) is 5.92 Å². The number of amides is 2. The number of urea groups is 1. The van der Waals surface area contributed by atoms with E-state index in [1.54, 1.807) is 0 Å². The highest BCUT2D eigenvalue weighted by Crippen LogP contribution is 2.18. The number of rotatable bonds is 3. The second-order valence-corrected chi connectivity index (χ2v) is 4.71. The van der Waals surface area contributed by atoms with Gasteiger partial charge in [-0.25, -0.2) is 4.79 Å². The van der Waals surface area contributed by atoms with Gasteiger partial charge >= 0.3 is 6.03 Å². The van der Waals surface area contributed by atoms with Gasteiger partial charge in [0.05, 0.1) is 12.1 Å². The summed E-state index contributed by atoms with van der Waals surface area (Å²) in [5.74, 6) is 0.451. The first-order valence-electron chi connectivity index (χ1n) is 5.82. The lowest BCUT2D eigenvalue weighted by molar-refractivity contribution is 0.0943. The van der Waals surface area contributed by atoms with E-state index in [1.807, 2.05) is 0 Å². The lowest BCUT2D eigenvalue weighted by Gasteiger charge is -2.28. The van der Waals surface area contributed by atoms with Crippen molar-refractivity contribution in [3.05, 3.63) is 0 Å². The van der Waals surface area contributed by atoms with Gasteiger partial charge in [0.1, 0.15) is 0 Å². The topological polar surface area (TPSA) is 61.4 Å². The molecule has 0 bridgehead atoms. The SMILES string of the molecule is CC(C)CNC(=O)NC1CCCCC1O. The Hall–Kier alpha value is -0.770. The minimum atomic E-state index is -0.372. The molecule has 4 heteroatoms. The lowest BCUT2D eigenvalue weighted by Crippen LogP contribution is -2.49. The maximum atomic E-state index is 11.4. The van der Waals surface area contributed by atoms with E-state index < -0.39 is 0 Å². The Bertz CT molecular complexity index is 207. The summed E-state index contributed by atoms with van der Waals surface area (Å²) in [6, 6.07) is -0.222. The van der Waals surface area contributed by atoms with Crippen LogP contribution in [0.5, 0.6) is 0 Å². The van der Waals surface area contributed by atoms with Crippen molar-refractivity contribution in [1.82, 2.24) is 10.6 Å². The Morgan fingerprint density at radius 2 is 2.07 bits per heavy atom. The van der Waals surface area contributed by atoms with Crippen LogP contribution in [-0.4, -0.2) is 29.8 Å². The molecule has 2 unspecified atom stereocenters. The molecule has 0 spiro atoms. The monoisotopic (exact) mass is 214 g/mol. The standard InChI is InChI=1S/C11H22N2O2/c1-8(2)7-12-11(15)13-9-5-3-4-6-10(9)14/h8-10,14H,3-7H2,1-2H3,(H2,12,13,15). The molecule has 88 valence electrons. The highest BCUT2D eigenvalue weighted by atomic mass is 16.3. The third-order valence-corrected chi connectivity index (χ3v) is 2.72. The number of carbonyl (C=O) groups excluding carboxylic acids is 1. The van der Waals surface area contributed by atoms with E-state index in [4.69, 9.17) is 0 Å². The fourth-order valence-corrected chi connectivity index (χ4v) is 1.80. The van der Waals surface area contributed by atoms with Gasteiger partial charge in [-0.3, -0.25) is 0 Å². The van der Waals surface area contributed by atoms with Gasteiger partial charge in [0.2, 0.25) is 0 Å². The van der Waals surface area contributed by atoms with Gasteiger partial charge in [-0.1, -0.05) is 26.7 Å². The molecule has 0 heterocycles. The first kappa shape index (κ1) is 12.3. The van der Waals surface area contributed by atoms with Crippen molar-refractivity contribution in [3.63, 3.8) is 0 Å². The molecule has 1 fully saturated rings. The van der Waals surface area contributed by atoms with Crippen LogP contribution in [0.25, 0.3) is 0 Å². The zero-order chi connectivity index (χ0) is 11.3. The summed E-state index contributed by atoms with van der Waals surface area (Å²) in [6.07, 6.45) is 3.47. The second kappa shape index (κ2) is 5.95. The van der Waals surface area contributed by atoms with Crippen molar-refractivity contribution in [2.24, 2.45) is 5.92 Å². The Morgan fingerprint density at radius 3 is 2.67 bits per heavy atom. The summed E-state index contributed by atoms with van der Waals surface area (Å²) >= 11 is 0. The van der Waals surface area contributed by atoms with Gasteiger partial charge in [0.15, 0.2) is 0 Å². The molecule has 1 aliphatic carbocycles. The van der Waals surface area contributed by atoms with Crippen LogP contribution in [0.2, 0.25) is 0 Å². The van der Waals surface area contributed by atoms with E-state index in [1.165, 1.54) is 0 Å². The summed E-state index contributed by atoms with van der Waals surface area (Å²) in [5.41, 5.74) is 0. The maximum absolute atomic E-state index is 11.4. The predicted octanol–water partition coefficient (Wildman–Crippen LogP) is 1.25. The summed E-state index contributed by atoms with van der Waals surface area (Å²) in [5, 5.41) is 15.3. The van der Waals surface area contributed by atoms with Crippen LogP contribution in [0.15, 0.2) is 0 Å². The summed E-state index contributed by atoms with van der Waals surface area (Å²) in [6.45, 7) is 4.78. The minimum Gasteiger partial charge on any atom is -0.391 e. The Kier molecular flexibility index (Phi) is 4.88. The average Bonchev–Trinajstić information content (AvgIpc) is 2.18. The van der Waals surface area contributed by atoms with E-state index in [0.717, 1.165) is 25.7 Å². The predicted molar refractivity (Wildman–Crippen MR) is 59.6 cm³/mol. The Labute approximate surface area is 91.4 Å². The fourth-order valence-electron chi connectivity index (χ4n) is 1.80. The van der Waals surface area contributed by atoms with Crippen LogP contribution in [0.4, 0.5) is 4.79 Å². The molecule has 15 heavy (non-hydrogen) atoms. The van der Waals surface area contributed by atoms with Crippen molar-refractivity contribution < 1.29 is 9.90 Å². The quantitative estimate of drug-likeness (QED) is 0.662. The molecule has 2 amide bonds. The molecule has 3 N–H and O–H groups in total. The van der Waals surface area contributed by atoms with Gasteiger partial charge < -0.3 is 15.7 Å². The van der Waals surface area contributed by atoms with Crippen LogP contribution < -0.4 is 10.6 Å². The molecule has 0 radical (unpaired) electrons. The zero-order valence-corrected chi connectivity index (χ0v) is 9.62. The van der Waals surface area contributed by atoms with Gasteiger partial charge in [0, 0.05) is 6.54 Å². The fraction of sp³-hybridized carbons (Fsp3) is 0.909. The highest BCUT2D eigenvalue weighted by molar-refractivity contribution is 5.74. The van der Waals surface area contributed by atoms with Crippen LogP contribution >= 0.6 is 0 Å². The Morgan fingerprint density at radius 1 is 1.40 bits per heavy atom. The zero-order valence-electron chi connectivity index (χ0n) is 9.62. The van der Waals surface area contributed by atoms with Crippen LogP contribution in [0.3, 0.4) is 0 Å². The summed E-state index contributed by atoms with van der Waals surface area (Å²) in [7, 11) is 0. The van der Waals surface area contributed by atoms with Crippen molar-refractivity contribution in [2.75, 3.05) is 6.54 Å². The largest absolute Gasteiger partial charge is 0.391 e. The van der Waals surface area contributed by atoms with Crippen molar-refractivity contribution in [1.29, 1.82) is 0 Å². The third-order valence-electron chi connectivity index (χ3n) is 2.72. The third kappa shape index (κ3) is 4.51. The normalized spacial score (nSPS) is 26.4. The second-order valence-electron chi connectivity index (χ2n) is 4.71. The summed E-state index contributed by atoms with van der Waals surface area (Å²) < 4.78 is 0. The number of aliphatic hydroxyl groups excluding tert-OH is 1. The molecular formula is C11H22N2O2. The first-order chi connectivity index (χ1) is 7.09. The molecule has 0 saturated heterocycles. The average molecular weight is 214 g/mol. The molecule has 4 nitrogen and oxygen atoms in total. The minimum absolute atomic E-state index is 0.0640. The molecule has 1 aliphatic rings. The van der Waals surface area contributed by atoms with Crippen molar-refractivity contribution >= 4 is 6.03 Å². The smallest absolute Gasteiger partial charge is 0.315 e. The Balaban J connectivity index is 2.24. The van der Waals surface area contributed by atoms with E-state index in [9.17, 15) is 9.90 Å². The van der Waals surface area contributed by atoms with E-state index >= 15 is 0 Å². The number of carbonyl (C=O) groups is 1. The van der Waals surface area contributed by atoms with E-state index in [-0.39, 0.29) is 18.2 Å². The number of hydrogen-bond donors (Lipinski definition) is 3. The highest BCUT2D eigenvalue weighted by Gasteiger charge is 2.24. The van der Waals surface area contributed by atoms with E-state index in [2.05, 4.69) is 24.5 Å². The van der Waals surface area contributed by atoms with Gasteiger partial charge in [0.25, 0.3) is 0 Å². The van der Waals surface area contributed by atoms with Crippen molar-refractivity contribution in [2.45, 2.75) is 51.7 Å². The number of nitrogens with one attached hydrogen (secondary N) is 2. The molecule has 0 aliphatic heterocycles. The molecule has 0 aromatic heterocycles. The molecular weight excluding hydrogens is 192 g/mol. The number of aliphatic hydroxyl groups is 1. The maximum Gasteiger partial charge on any atom is 0.315 e. The van der Waals surface area contributed by atoms with Gasteiger partial charge in [-0.15, -0.1) is 0 Å². The van der Waals surface area contributed by atoms with Crippen molar-refractivity contribution in [3.8, 4) is 0 Å². The molecule has 0 aromatic rings. The first-order valence-corrected chi connectivity index (χ1v) is 5.82. The van der Waals surface area contributed by atoms with Crippen LogP contribution in [-0.2, 0) is 0 Å². The summed E-state index contributed by atoms with van der Waals surface area (Å²) in [4.78, 5) is 11.4. The molecule has 1 saturated carbocycles. The van der Waals surface area contributed by atoms with Crippen LogP contribution in [0.1, 0.15) is 39.5 Å². The molecule has 1 rings (SSSR count). The number of hydrogen-bond acceptors (Lipinski definition) is 2. The van der Waals surface area contributed by atoms with E-state index in [0.29, 0.717) is 12.5 Å². The molecule has 0 aromatic carbocycles. The van der Waals surface area contributed by atoms with Gasteiger partial charge in [-0.2, -0.15) is 0 Å². The van der Waals surface area contributed by atoms with Gasteiger partial charge in [-0.05, 0) is 18.8 Å². The molecule has 2 atom stereocenters.